The van der Waals surface area contributed by atoms with Crippen LogP contribution in [-0.2, 0) is 0 Å². The van der Waals surface area contributed by atoms with Gasteiger partial charge in [0.05, 0.1) is 0 Å². The van der Waals surface area contributed by atoms with Crippen LogP contribution in [0.5, 0.6) is 0 Å². The summed E-state index contributed by atoms with van der Waals surface area (Å²) in [5, 5.41) is 6.17. The van der Waals surface area contributed by atoms with Crippen molar-refractivity contribution in [1.82, 2.24) is 5.32 Å². The minimum atomic E-state index is -0.204. The Hall–Kier alpha value is -2.20. The number of para-hydroxylation sites is 1. The zero-order chi connectivity index (χ0) is 17.7. The number of rotatable bonds is 4. The third kappa shape index (κ3) is 4.65. The summed E-state index contributed by atoms with van der Waals surface area (Å²) in [7, 11) is 0. The summed E-state index contributed by atoms with van der Waals surface area (Å²) < 4.78 is 0. The van der Waals surface area contributed by atoms with Gasteiger partial charge in [-0.2, -0.15) is 0 Å². The lowest BCUT2D eigenvalue weighted by molar-refractivity contribution is 0.0977. The maximum atomic E-state index is 12.3. The van der Waals surface area contributed by atoms with Gasteiger partial charge in [-0.3, -0.25) is 10.1 Å². The highest BCUT2D eigenvalue weighted by atomic mass is 32.1. The van der Waals surface area contributed by atoms with E-state index in [0.717, 1.165) is 11.3 Å². The Kier molecular flexibility index (Phi) is 6.10. The molecule has 2 aromatic rings. The molecule has 126 valence electrons. The molecule has 0 fully saturated rings. The zero-order valence-corrected chi connectivity index (χ0v) is 15.4. The molecule has 0 unspecified atom stereocenters. The maximum absolute atomic E-state index is 12.3. The number of hydrogen-bond acceptors (Lipinski definition) is 2. The summed E-state index contributed by atoms with van der Waals surface area (Å²) in [5.41, 5.74) is 3.89. The second-order valence-electron chi connectivity index (χ2n) is 6.43. The molecule has 0 saturated carbocycles. The molecule has 0 aliphatic heterocycles. The molecule has 0 saturated heterocycles. The van der Waals surface area contributed by atoms with Gasteiger partial charge in [-0.1, -0.05) is 58.0 Å². The molecule has 0 atom stereocenters. The van der Waals surface area contributed by atoms with E-state index in [1.165, 1.54) is 5.56 Å². The normalized spacial score (nSPS) is 10.8. The molecule has 24 heavy (non-hydrogen) atoms. The second kappa shape index (κ2) is 8.06. The number of carbonyl (C=O) groups is 1. The predicted molar refractivity (Wildman–Crippen MR) is 105 cm³/mol. The fourth-order valence-electron chi connectivity index (χ4n) is 2.46. The van der Waals surface area contributed by atoms with Crippen molar-refractivity contribution in [3.8, 4) is 0 Å². The lowest BCUT2D eigenvalue weighted by Crippen LogP contribution is -2.34. The van der Waals surface area contributed by atoms with Crippen molar-refractivity contribution >= 4 is 28.9 Å². The molecule has 2 N–H and O–H groups in total. The van der Waals surface area contributed by atoms with Gasteiger partial charge in [-0.05, 0) is 53.4 Å². The van der Waals surface area contributed by atoms with Gasteiger partial charge in [0.1, 0.15) is 0 Å². The van der Waals surface area contributed by atoms with Crippen molar-refractivity contribution in [1.29, 1.82) is 0 Å². The predicted octanol–water partition coefficient (Wildman–Crippen LogP) is 5.06. The highest BCUT2D eigenvalue weighted by molar-refractivity contribution is 7.80. The highest BCUT2D eigenvalue weighted by Gasteiger charge is 2.11. The van der Waals surface area contributed by atoms with Crippen LogP contribution in [0.3, 0.4) is 0 Å². The van der Waals surface area contributed by atoms with Crippen LogP contribution >= 0.6 is 12.2 Å². The van der Waals surface area contributed by atoms with E-state index in [9.17, 15) is 4.79 Å². The molecule has 3 nitrogen and oxygen atoms in total. The van der Waals surface area contributed by atoms with Crippen LogP contribution in [0, 0.1) is 0 Å². The summed E-state index contributed by atoms with van der Waals surface area (Å²) in [5.74, 6) is 0.609. The van der Waals surface area contributed by atoms with Gasteiger partial charge >= 0.3 is 0 Å². The molecule has 1 amide bonds. The van der Waals surface area contributed by atoms with E-state index in [1.54, 1.807) is 0 Å². The van der Waals surface area contributed by atoms with Crippen molar-refractivity contribution in [2.45, 2.75) is 39.5 Å². The largest absolute Gasteiger partial charge is 0.332 e. The van der Waals surface area contributed by atoms with Crippen molar-refractivity contribution in [3.63, 3.8) is 0 Å². The number of nitrogens with one attached hydrogen (secondary N) is 2. The summed E-state index contributed by atoms with van der Waals surface area (Å²) in [4.78, 5) is 12.3. The summed E-state index contributed by atoms with van der Waals surface area (Å²) in [6, 6.07) is 15.6. The Balaban J connectivity index is 2.03. The molecular weight excluding hydrogens is 316 g/mol. The lowest BCUT2D eigenvalue weighted by atomic mass is 10.0. The number of amides is 1. The van der Waals surface area contributed by atoms with Crippen LogP contribution in [0.2, 0.25) is 0 Å². The molecule has 0 heterocycles. The van der Waals surface area contributed by atoms with Gasteiger partial charge < -0.3 is 5.32 Å². The van der Waals surface area contributed by atoms with E-state index in [-0.39, 0.29) is 5.91 Å². The van der Waals surface area contributed by atoms with Gasteiger partial charge in [-0.15, -0.1) is 0 Å². The van der Waals surface area contributed by atoms with Crippen LogP contribution < -0.4 is 10.6 Å². The van der Waals surface area contributed by atoms with Gasteiger partial charge in [0.15, 0.2) is 5.11 Å². The molecule has 4 heteroatoms. The van der Waals surface area contributed by atoms with Crippen molar-refractivity contribution in [3.05, 3.63) is 65.2 Å². The van der Waals surface area contributed by atoms with Gasteiger partial charge in [0.25, 0.3) is 5.91 Å². The SMILES string of the molecule is CC(C)c1ccc(C(=O)NC(=S)Nc2ccccc2C(C)C)cc1. The Labute approximate surface area is 149 Å². The first-order valence-electron chi connectivity index (χ1n) is 8.19. The lowest BCUT2D eigenvalue weighted by Gasteiger charge is -2.15. The fraction of sp³-hybridized carbons (Fsp3) is 0.300. The number of thiocarbonyl (C=S) groups is 1. The number of carbonyl (C=O) groups excluding carboxylic acids is 1. The molecule has 0 spiro atoms. The first-order chi connectivity index (χ1) is 11.4. The van der Waals surface area contributed by atoms with Gasteiger partial charge in [0.2, 0.25) is 0 Å². The fourth-order valence-corrected chi connectivity index (χ4v) is 2.67. The number of anilines is 1. The topological polar surface area (TPSA) is 41.1 Å². The van der Waals surface area contributed by atoms with E-state index in [2.05, 4.69) is 44.4 Å². The quantitative estimate of drug-likeness (QED) is 0.764. The average molecular weight is 340 g/mol. The van der Waals surface area contributed by atoms with E-state index in [1.807, 2.05) is 42.5 Å². The third-order valence-electron chi connectivity index (χ3n) is 3.90. The Morgan fingerprint density at radius 3 is 2.12 bits per heavy atom. The molecule has 0 bridgehead atoms. The van der Waals surface area contributed by atoms with Crippen LogP contribution in [0.1, 0.15) is 61.0 Å². The van der Waals surface area contributed by atoms with E-state index in [0.29, 0.717) is 22.5 Å². The van der Waals surface area contributed by atoms with Crippen molar-refractivity contribution in [2.75, 3.05) is 5.32 Å². The minimum Gasteiger partial charge on any atom is -0.332 e. The standard InChI is InChI=1S/C20H24N2OS/c1-13(2)15-9-11-16(12-10-15)19(23)22-20(24)21-18-8-6-5-7-17(18)14(3)4/h5-14H,1-4H3,(H2,21,22,23,24). The monoisotopic (exact) mass is 340 g/mol. The van der Waals surface area contributed by atoms with E-state index in [4.69, 9.17) is 12.2 Å². The summed E-state index contributed by atoms with van der Waals surface area (Å²) >= 11 is 5.28. The summed E-state index contributed by atoms with van der Waals surface area (Å²) in [6.07, 6.45) is 0. The first kappa shape index (κ1) is 18.1. The van der Waals surface area contributed by atoms with Crippen LogP contribution in [0.4, 0.5) is 5.69 Å². The smallest absolute Gasteiger partial charge is 0.257 e. The molecule has 0 aromatic heterocycles. The number of hydrogen-bond donors (Lipinski definition) is 2. The number of benzene rings is 2. The Morgan fingerprint density at radius 2 is 1.54 bits per heavy atom. The van der Waals surface area contributed by atoms with Crippen molar-refractivity contribution in [2.24, 2.45) is 0 Å². The zero-order valence-electron chi connectivity index (χ0n) is 14.6. The van der Waals surface area contributed by atoms with E-state index < -0.39 is 0 Å². The maximum Gasteiger partial charge on any atom is 0.257 e. The van der Waals surface area contributed by atoms with Crippen LogP contribution in [0.25, 0.3) is 0 Å². The van der Waals surface area contributed by atoms with E-state index >= 15 is 0 Å². The molecule has 2 aromatic carbocycles. The van der Waals surface area contributed by atoms with Crippen molar-refractivity contribution < 1.29 is 4.79 Å². The summed E-state index contributed by atoms with van der Waals surface area (Å²) in [6.45, 7) is 8.50. The second-order valence-corrected chi connectivity index (χ2v) is 6.84. The first-order valence-corrected chi connectivity index (χ1v) is 8.60. The van der Waals surface area contributed by atoms with Gasteiger partial charge in [0, 0.05) is 11.3 Å². The highest BCUT2D eigenvalue weighted by Crippen LogP contribution is 2.23. The molecular formula is C20H24N2OS. The van der Waals surface area contributed by atoms with Gasteiger partial charge in [-0.25, -0.2) is 0 Å². The Bertz CT molecular complexity index is 721. The van der Waals surface area contributed by atoms with Crippen LogP contribution in [-0.4, -0.2) is 11.0 Å². The van der Waals surface area contributed by atoms with Crippen LogP contribution in [0.15, 0.2) is 48.5 Å². The third-order valence-corrected chi connectivity index (χ3v) is 4.10. The minimum absolute atomic E-state index is 0.204. The molecule has 0 aliphatic rings. The molecule has 2 rings (SSSR count). The Morgan fingerprint density at radius 1 is 0.917 bits per heavy atom. The molecule has 0 radical (unpaired) electrons. The molecule has 0 aliphatic carbocycles. The average Bonchev–Trinajstić information content (AvgIpc) is 2.55.